The molecule has 8 heteroatoms. The highest BCUT2D eigenvalue weighted by molar-refractivity contribution is 5.73. The number of imidazole rings is 1. The first-order valence-corrected chi connectivity index (χ1v) is 12.4. The molecule has 1 N–H and O–H groups in total. The van der Waals surface area contributed by atoms with Gasteiger partial charge < -0.3 is 24.0 Å². The number of carbonyl (C=O) groups excluding carboxylic acids is 1. The first-order valence-electron chi connectivity index (χ1n) is 12.4. The van der Waals surface area contributed by atoms with Gasteiger partial charge in [0.05, 0.1) is 13.1 Å². The Morgan fingerprint density at radius 1 is 1.06 bits per heavy atom. The van der Waals surface area contributed by atoms with Gasteiger partial charge in [0.15, 0.2) is 0 Å². The average Bonchev–Trinajstić information content (AvgIpc) is 3.17. The molecule has 0 unspecified atom stereocenters. The van der Waals surface area contributed by atoms with Crippen molar-refractivity contribution < 1.29 is 19.4 Å². The van der Waals surface area contributed by atoms with Crippen molar-refractivity contribution in [2.24, 2.45) is 0 Å². The molecule has 0 saturated carbocycles. The molecule has 1 aliphatic heterocycles. The van der Waals surface area contributed by atoms with E-state index in [1.165, 1.54) is 0 Å². The molecule has 1 aliphatic rings. The summed E-state index contributed by atoms with van der Waals surface area (Å²) in [5.74, 6) is 2.43. The molecular formula is C28H36N4O4. The molecule has 0 spiro atoms. The van der Waals surface area contributed by atoms with E-state index in [2.05, 4.69) is 20.5 Å². The monoisotopic (exact) mass is 492 g/mol. The van der Waals surface area contributed by atoms with Gasteiger partial charge in [-0.05, 0) is 43.7 Å². The van der Waals surface area contributed by atoms with E-state index >= 15 is 0 Å². The fourth-order valence-electron chi connectivity index (χ4n) is 4.48. The summed E-state index contributed by atoms with van der Waals surface area (Å²) in [5.41, 5.74) is 1.04. The fourth-order valence-corrected chi connectivity index (χ4v) is 4.48. The molecule has 36 heavy (non-hydrogen) atoms. The molecule has 0 aliphatic carbocycles. The minimum Gasteiger partial charge on any atom is -0.492 e. The third-order valence-electron chi connectivity index (χ3n) is 6.49. The van der Waals surface area contributed by atoms with E-state index in [9.17, 15) is 9.90 Å². The maximum Gasteiger partial charge on any atom is 0.219 e. The molecule has 8 nitrogen and oxygen atoms in total. The van der Waals surface area contributed by atoms with Crippen LogP contribution in [0.2, 0.25) is 0 Å². The zero-order valence-electron chi connectivity index (χ0n) is 21.4. The Hall–Kier alpha value is -3.36. The van der Waals surface area contributed by atoms with Gasteiger partial charge in [-0.1, -0.05) is 29.8 Å². The largest absolute Gasteiger partial charge is 0.492 e. The van der Waals surface area contributed by atoms with Crippen LogP contribution < -0.4 is 9.47 Å². The van der Waals surface area contributed by atoms with Crippen molar-refractivity contribution >= 4 is 5.91 Å². The number of hydrogen-bond acceptors (Lipinski definition) is 6. The van der Waals surface area contributed by atoms with Crippen molar-refractivity contribution in [1.82, 2.24) is 19.4 Å². The van der Waals surface area contributed by atoms with Crippen LogP contribution in [0.25, 0.3) is 0 Å². The quantitative estimate of drug-likeness (QED) is 0.495. The molecule has 0 bridgehead atoms. The van der Waals surface area contributed by atoms with Gasteiger partial charge in [-0.25, -0.2) is 4.98 Å². The number of amides is 1. The van der Waals surface area contributed by atoms with Crippen LogP contribution in [0, 0.1) is 13.8 Å². The topological polar surface area (TPSA) is 80.1 Å². The highest BCUT2D eigenvalue weighted by Gasteiger charge is 2.36. The van der Waals surface area contributed by atoms with Crippen molar-refractivity contribution in [3.05, 3.63) is 77.9 Å². The molecule has 1 aromatic heterocycles. The number of nitrogens with zero attached hydrogens (tertiary/aromatic N) is 4. The van der Waals surface area contributed by atoms with E-state index in [-0.39, 0.29) is 19.1 Å². The second-order valence-electron chi connectivity index (χ2n) is 9.64. The van der Waals surface area contributed by atoms with Gasteiger partial charge in [0.1, 0.15) is 36.1 Å². The van der Waals surface area contributed by atoms with Crippen LogP contribution in [0.3, 0.4) is 0 Å². The third-order valence-corrected chi connectivity index (χ3v) is 6.49. The van der Waals surface area contributed by atoms with Crippen molar-refractivity contribution in [3.63, 3.8) is 0 Å². The second kappa shape index (κ2) is 11.6. The minimum absolute atomic E-state index is 0.0471. The van der Waals surface area contributed by atoms with Crippen LogP contribution in [-0.2, 0) is 17.9 Å². The summed E-state index contributed by atoms with van der Waals surface area (Å²) < 4.78 is 14.0. The Morgan fingerprint density at radius 2 is 1.86 bits per heavy atom. The lowest BCUT2D eigenvalue weighted by Crippen LogP contribution is -2.51. The number of β-amino-alcohol motifs (C(OH)–C–C–N with tert-alkyl or cyclic N) is 1. The van der Waals surface area contributed by atoms with E-state index in [1.54, 1.807) is 18.0 Å². The van der Waals surface area contributed by atoms with E-state index in [1.807, 2.05) is 62.5 Å². The minimum atomic E-state index is -1.19. The Bertz CT molecular complexity index is 1150. The number of rotatable bonds is 9. The van der Waals surface area contributed by atoms with Crippen LogP contribution in [-0.4, -0.2) is 75.4 Å². The third kappa shape index (κ3) is 7.08. The Morgan fingerprint density at radius 3 is 2.58 bits per heavy atom. The van der Waals surface area contributed by atoms with Gasteiger partial charge in [-0.3, -0.25) is 9.69 Å². The molecule has 1 amide bonds. The summed E-state index contributed by atoms with van der Waals surface area (Å²) >= 11 is 0. The van der Waals surface area contributed by atoms with E-state index < -0.39 is 5.60 Å². The molecule has 192 valence electrons. The summed E-state index contributed by atoms with van der Waals surface area (Å²) in [6.45, 7) is 9.42. The molecule has 1 fully saturated rings. The van der Waals surface area contributed by atoms with Gasteiger partial charge in [0.25, 0.3) is 0 Å². The summed E-state index contributed by atoms with van der Waals surface area (Å²) in [6.07, 6.45) is 3.74. The lowest BCUT2D eigenvalue weighted by Gasteiger charge is -2.32. The maximum absolute atomic E-state index is 12.2. The molecular weight excluding hydrogens is 456 g/mol. The van der Waals surface area contributed by atoms with Gasteiger partial charge >= 0.3 is 0 Å². The lowest BCUT2D eigenvalue weighted by molar-refractivity contribution is -0.132. The van der Waals surface area contributed by atoms with Crippen molar-refractivity contribution in [2.75, 3.05) is 39.4 Å². The van der Waals surface area contributed by atoms with Gasteiger partial charge in [-0.2, -0.15) is 0 Å². The SMILES string of the molecule is CC(=O)N1CCN(Cc2cccc(OCCn3ccnc3C)c2)C[C@](O)(COc2ccc(C)cc2)C1. The zero-order chi connectivity index (χ0) is 25.5. The number of hydrogen-bond donors (Lipinski definition) is 1. The van der Waals surface area contributed by atoms with Gasteiger partial charge in [0, 0.05) is 45.5 Å². The van der Waals surface area contributed by atoms with E-state index in [4.69, 9.17) is 9.47 Å². The van der Waals surface area contributed by atoms with Gasteiger partial charge in [-0.15, -0.1) is 0 Å². The maximum atomic E-state index is 12.2. The first-order chi connectivity index (χ1) is 17.3. The van der Waals surface area contributed by atoms with Crippen LogP contribution >= 0.6 is 0 Å². The fraction of sp³-hybridized carbons (Fsp3) is 0.429. The number of aliphatic hydroxyl groups is 1. The Labute approximate surface area is 213 Å². The first kappa shape index (κ1) is 25.7. The van der Waals surface area contributed by atoms with E-state index in [0.717, 1.165) is 29.2 Å². The van der Waals surface area contributed by atoms with E-state index in [0.29, 0.717) is 38.5 Å². The summed E-state index contributed by atoms with van der Waals surface area (Å²) in [5, 5.41) is 11.5. The standard InChI is InChI=1S/C28H36N4O4/c1-22-7-9-26(10-8-22)36-21-28(34)19-30(13-14-32(20-28)24(3)33)18-25-5-4-6-27(17-25)35-16-15-31-12-11-29-23(31)2/h4-12,17,34H,13-16,18-21H2,1-3H3/t28-/m1/s1. The number of benzene rings is 2. The van der Waals surface area contributed by atoms with Crippen molar-refractivity contribution in [2.45, 2.75) is 39.5 Å². The summed E-state index contributed by atoms with van der Waals surface area (Å²) in [6, 6.07) is 15.8. The summed E-state index contributed by atoms with van der Waals surface area (Å²) in [7, 11) is 0. The predicted molar refractivity (Wildman–Crippen MR) is 138 cm³/mol. The normalized spacial score (nSPS) is 18.6. The summed E-state index contributed by atoms with van der Waals surface area (Å²) in [4.78, 5) is 20.3. The van der Waals surface area contributed by atoms with Crippen LogP contribution in [0.5, 0.6) is 11.5 Å². The number of carbonyl (C=O) groups is 1. The lowest BCUT2D eigenvalue weighted by atomic mass is 10.0. The van der Waals surface area contributed by atoms with Crippen LogP contribution in [0.4, 0.5) is 0 Å². The second-order valence-corrected chi connectivity index (χ2v) is 9.64. The van der Waals surface area contributed by atoms with Gasteiger partial charge in [0.2, 0.25) is 5.91 Å². The van der Waals surface area contributed by atoms with Crippen molar-refractivity contribution in [3.8, 4) is 11.5 Å². The zero-order valence-corrected chi connectivity index (χ0v) is 21.4. The number of aryl methyl sites for hydroxylation is 2. The van der Waals surface area contributed by atoms with Crippen LogP contribution in [0.1, 0.15) is 23.9 Å². The molecule has 4 rings (SSSR count). The molecule has 1 saturated heterocycles. The average molecular weight is 493 g/mol. The smallest absolute Gasteiger partial charge is 0.219 e. The molecule has 1 atom stereocenters. The molecule has 2 heterocycles. The molecule has 0 radical (unpaired) electrons. The molecule has 3 aromatic rings. The Balaban J connectivity index is 1.39. The number of ether oxygens (including phenoxy) is 2. The number of aromatic nitrogens is 2. The Kier molecular flexibility index (Phi) is 8.28. The molecule has 2 aromatic carbocycles. The van der Waals surface area contributed by atoms with Crippen LogP contribution in [0.15, 0.2) is 60.9 Å². The highest BCUT2D eigenvalue weighted by Crippen LogP contribution is 2.21. The van der Waals surface area contributed by atoms with Crippen molar-refractivity contribution in [1.29, 1.82) is 0 Å². The highest BCUT2D eigenvalue weighted by atomic mass is 16.5. The predicted octanol–water partition coefficient (Wildman–Crippen LogP) is 3.05.